The Morgan fingerprint density at radius 3 is 2.45 bits per heavy atom. The van der Waals surface area contributed by atoms with Crippen LogP contribution in [0.25, 0.3) is 0 Å². The van der Waals surface area contributed by atoms with E-state index >= 15 is 0 Å². The molecule has 162 valence electrons. The SMILES string of the molecule is O=C(NCCCN1C(=O)c2ccc(Br)cc2C1=O)N1CCN(c2ccccc2F)CC1. The number of hydrogen-bond donors (Lipinski definition) is 1. The molecule has 4 amide bonds. The number of halogens is 2. The number of urea groups is 1. The number of fused-ring (bicyclic) bond motifs is 1. The van der Waals surface area contributed by atoms with Gasteiger partial charge in [0.1, 0.15) is 5.82 Å². The van der Waals surface area contributed by atoms with E-state index in [0.29, 0.717) is 56.0 Å². The van der Waals surface area contributed by atoms with E-state index in [-0.39, 0.29) is 30.2 Å². The molecule has 0 spiro atoms. The minimum absolute atomic E-state index is 0.195. The summed E-state index contributed by atoms with van der Waals surface area (Å²) in [6, 6.07) is 11.5. The van der Waals surface area contributed by atoms with Crippen molar-refractivity contribution in [2.75, 3.05) is 44.2 Å². The third kappa shape index (κ3) is 4.41. The molecule has 2 aliphatic heterocycles. The minimum atomic E-state index is -0.308. The average molecular weight is 489 g/mol. The molecule has 0 unspecified atom stereocenters. The topological polar surface area (TPSA) is 73.0 Å². The zero-order chi connectivity index (χ0) is 22.0. The van der Waals surface area contributed by atoms with Crippen molar-refractivity contribution >= 4 is 39.5 Å². The Morgan fingerprint density at radius 1 is 1.00 bits per heavy atom. The predicted octanol–water partition coefficient (Wildman–Crippen LogP) is 3.11. The summed E-state index contributed by atoms with van der Waals surface area (Å²) in [6.07, 6.45) is 0.466. The third-order valence-electron chi connectivity index (χ3n) is 5.53. The van der Waals surface area contributed by atoms with Crippen LogP contribution in [0.1, 0.15) is 27.1 Å². The molecule has 0 bridgehead atoms. The molecule has 1 N–H and O–H groups in total. The minimum Gasteiger partial charge on any atom is -0.366 e. The largest absolute Gasteiger partial charge is 0.366 e. The van der Waals surface area contributed by atoms with Crippen molar-refractivity contribution in [1.29, 1.82) is 0 Å². The molecule has 31 heavy (non-hydrogen) atoms. The predicted molar refractivity (Wildman–Crippen MR) is 118 cm³/mol. The van der Waals surface area contributed by atoms with Gasteiger partial charge in [0, 0.05) is 43.7 Å². The van der Waals surface area contributed by atoms with E-state index in [1.54, 1.807) is 41.3 Å². The first-order chi connectivity index (χ1) is 15.0. The Balaban J connectivity index is 1.21. The van der Waals surface area contributed by atoms with Gasteiger partial charge in [-0.2, -0.15) is 0 Å². The number of nitrogens with one attached hydrogen (secondary N) is 1. The fourth-order valence-electron chi connectivity index (χ4n) is 3.87. The van der Waals surface area contributed by atoms with Crippen LogP contribution in [-0.2, 0) is 0 Å². The van der Waals surface area contributed by atoms with Gasteiger partial charge >= 0.3 is 6.03 Å². The Bertz CT molecular complexity index is 1020. The lowest BCUT2D eigenvalue weighted by Crippen LogP contribution is -2.52. The van der Waals surface area contributed by atoms with Crippen molar-refractivity contribution in [3.8, 4) is 0 Å². The first-order valence-corrected chi connectivity index (χ1v) is 10.9. The summed E-state index contributed by atoms with van der Waals surface area (Å²) in [6.45, 7) is 2.69. The van der Waals surface area contributed by atoms with Crippen molar-refractivity contribution in [2.45, 2.75) is 6.42 Å². The fraction of sp³-hybridized carbons (Fsp3) is 0.318. The fourth-order valence-corrected chi connectivity index (χ4v) is 4.23. The first-order valence-electron chi connectivity index (χ1n) is 10.1. The second-order valence-corrected chi connectivity index (χ2v) is 8.38. The number of amides is 4. The normalized spacial score (nSPS) is 16.0. The summed E-state index contributed by atoms with van der Waals surface area (Å²) < 4.78 is 14.7. The van der Waals surface area contributed by atoms with E-state index in [1.807, 2.05) is 4.90 Å². The maximum atomic E-state index is 13.9. The van der Waals surface area contributed by atoms with Gasteiger partial charge in [-0.25, -0.2) is 9.18 Å². The van der Waals surface area contributed by atoms with Crippen LogP contribution < -0.4 is 10.2 Å². The van der Waals surface area contributed by atoms with Gasteiger partial charge in [0.2, 0.25) is 0 Å². The van der Waals surface area contributed by atoms with Gasteiger partial charge in [0.15, 0.2) is 0 Å². The number of anilines is 1. The molecule has 0 saturated carbocycles. The van der Waals surface area contributed by atoms with Crippen molar-refractivity contribution in [1.82, 2.24) is 15.1 Å². The summed E-state index contributed by atoms with van der Waals surface area (Å²) in [7, 11) is 0. The molecule has 4 rings (SSSR count). The van der Waals surface area contributed by atoms with Crippen LogP contribution >= 0.6 is 15.9 Å². The van der Waals surface area contributed by atoms with Gasteiger partial charge in [0.05, 0.1) is 16.8 Å². The van der Waals surface area contributed by atoms with E-state index in [2.05, 4.69) is 21.2 Å². The number of piperazine rings is 1. The monoisotopic (exact) mass is 488 g/mol. The number of nitrogens with zero attached hydrogens (tertiary/aromatic N) is 3. The average Bonchev–Trinajstić information content (AvgIpc) is 3.01. The number of carbonyl (C=O) groups excluding carboxylic acids is 3. The zero-order valence-corrected chi connectivity index (χ0v) is 18.4. The number of imide groups is 1. The van der Waals surface area contributed by atoms with Crippen molar-refractivity contribution in [2.24, 2.45) is 0 Å². The first kappa shape index (κ1) is 21.3. The third-order valence-corrected chi connectivity index (χ3v) is 6.02. The van der Waals surface area contributed by atoms with Crippen LogP contribution in [0, 0.1) is 5.82 Å². The van der Waals surface area contributed by atoms with Gasteiger partial charge in [-0.1, -0.05) is 28.1 Å². The van der Waals surface area contributed by atoms with Gasteiger partial charge < -0.3 is 15.1 Å². The lowest BCUT2D eigenvalue weighted by molar-refractivity contribution is 0.0653. The highest BCUT2D eigenvalue weighted by molar-refractivity contribution is 9.10. The summed E-state index contributed by atoms with van der Waals surface area (Å²) in [5.74, 6) is -0.874. The van der Waals surface area contributed by atoms with Crippen LogP contribution in [0.4, 0.5) is 14.9 Å². The smallest absolute Gasteiger partial charge is 0.317 e. The molecule has 0 aliphatic carbocycles. The Kier molecular flexibility index (Phi) is 6.22. The summed E-state index contributed by atoms with van der Waals surface area (Å²) >= 11 is 3.31. The lowest BCUT2D eigenvalue weighted by atomic mass is 10.1. The molecule has 2 heterocycles. The highest BCUT2D eigenvalue weighted by atomic mass is 79.9. The van der Waals surface area contributed by atoms with E-state index in [1.165, 1.54) is 11.0 Å². The lowest BCUT2D eigenvalue weighted by Gasteiger charge is -2.36. The highest BCUT2D eigenvalue weighted by Gasteiger charge is 2.35. The number of carbonyl (C=O) groups is 3. The Hall–Kier alpha value is -2.94. The van der Waals surface area contributed by atoms with Crippen molar-refractivity contribution in [3.05, 3.63) is 63.9 Å². The summed E-state index contributed by atoms with van der Waals surface area (Å²) in [5.41, 5.74) is 1.36. The Labute approximate surface area is 187 Å². The molecule has 0 radical (unpaired) electrons. The Morgan fingerprint density at radius 2 is 1.71 bits per heavy atom. The van der Waals surface area contributed by atoms with E-state index < -0.39 is 0 Å². The van der Waals surface area contributed by atoms with E-state index in [0.717, 1.165) is 4.47 Å². The van der Waals surface area contributed by atoms with Crippen molar-refractivity contribution < 1.29 is 18.8 Å². The molecule has 0 aromatic heterocycles. The maximum absolute atomic E-state index is 13.9. The molecule has 1 fully saturated rings. The molecule has 2 aliphatic rings. The van der Waals surface area contributed by atoms with Gasteiger partial charge in [0.25, 0.3) is 11.8 Å². The van der Waals surface area contributed by atoms with Crippen LogP contribution in [-0.4, -0.2) is 66.9 Å². The quantitative estimate of drug-likeness (QED) is 0.518. The van der Waals surface area contributed by atoms with Crippen molar-refractivity contribution in [3.63, 3.8) is 0 Å². The number of para-hydroxylation sites is 1. The standard InChI is InChI=1S/C22H22BrFN4O3/c23-15-6-7-16-17(14-15)21(30)28(20(16)29)9-3-8-25-22(31)27-12-10-26(11-13-27)19-5-2-1-4-18(19)24/h1-2,4-7,14H,3,8-13H2,(H,25,31). The van der Waals surface area contributed by atoms with Gasteiger partial charge in [-0.15, -0.1) is 0 Å². The molecular formula is C22H22BrFN4O3. The van der Waals surface area contributed by atoms with Crippen LogP contribution in [0.15, 0.2) is 46.9 Å². The molecular weight excluding hydrogens is 467 g/mol. The zero-order valence-electron chi connectivity index (χ0n) is 16.8. The second-order valence-electron chi connectivity index (χ2n) is 7.46. The number of benzene rings is 2. The molecule has 2 aromatic carbocycles. The molecule has 2 aromatic rings. The molecule has 0 atom stereocenters. The van der Waals surface area contributed by atoms with Gasteiger partial charge in [-0.3, -0.25) is 14.5 Å². The molecule has 1 saturated heterocycles. The summed E-state index contributed by atoms with van der Waals surface area (Å²) in [4.78, 5) is 42.2. The van der Waals surface area contributed by atoms with E-state index in [4.69, 9.17) is 0 Å². The van der Waals surface area contributed by atoms with Gasteiger partial charge in [-0.05, 0) is 36.8 Å². The second kappa shape index (κ2) is 9.05. The van der Waals surface area contributed by atoms with Crippen LogP contribution in [0.2, 0.25) is 0 Å². The number of rotatable bonds is 5. The summed E-state index contributed by atoms with van der Waals surface area (Å²) in [5, 5.41) is 2.84. The van der Waals surface area contributed by atoms with Crippen LogP contribution in [0.5, 0.6) is 0 Å². The number of hydrogen-bond acceptors (Lipinski definition) is 4. The van der Waals surface area contributed by atoms with Crippen LogP contribution in [0.3, 0.4) is 0 Å². The van der Waals surface area contributed by atoms with E-state index in [9.17, 15) is 18.8 Å². The molecule has 9 heteroatoms. The molecule has 7 nitrogen and oxygen atoms in total. The highest BCUT2D eigenvalue weighted by Crippen LogP contribution is 2.26. The maximum Gasteiger partial charge on any atom is 0.317 e.